The zero-order chi connectivity index (χ0) is 18.8. The van der Waals surface area contributed by atoms with Crippen LogP contribution in [0.1, 0.15) is 31.7 Å². The number of carbonyl (C=O) groups is 2. The van der Waals surface area contributed by atoms with Crippen LogP contribution in [-0.2, 0) is 20.7 Å². The van der Waals surface area contributed by atoms with Crippen molar-refractivity contribution in [2.45, 2.75) is 50.7 Å². The molecule has 1 aliphatic rings. The lowest BCUT2D eigenvalue weighted by Gasteiger charge is -2.22. The first-order valence-corrected chi connectivity index (χ1v) is 9.21. The Morgan fingerprint density at radius 2 is 2.12 bits per heavy atom. The topological polar surface area (TPSA) is 93.5 Å². The highest BCUT2D eigenvalue weighted by atomic mass is 16.5. The zero-order valence-corrected chi connectivity index (χ0v) is 15.3. The number of ether oxygens (including phenoxy) is 1. The van der Waals surface area contributed by atoms with E-state index in [-0.39, 0.29) is 23.9 Å². The maximum atomic E-state index is 12.1. The molecule has 0 saturated carbocycles. The van der Waals surface area contributed by atoms with Crippen molar-refractivity contribution >= 4 is 11.8 Å². The van der Waals surface area contributed by atoms with E-state index in [1.165, 1.54) is 11.6 Å². The number of amides is 2. The summed E-state index contributed by atoms with van der Waals surface area (Å²) in [5, 5.41) is 5.83. The molecule has 6 heteroatoms. The first kappa shape index (κ1) is 20.1. The summed E-state index contributed by atoms with van der Waals surface area (Å²) in [6.07, 6.45) is 6.61. The molecule has 0 radical (unpaired) electrons. The van der Waals surface area contributed by atoms with Crippen LogP contribution in [0.15, 0.2) is 42.5 Å². The molecule has 1 unspecified atom stereocenters. The zero-order valence-electron chi connectivity index (χ0n) is 15.3. The van der Waals surface area contributed by atoms with Crippen molar-refractivity contribution < 1.29 is 14.3 Å². The molecule has 0 aromatic heterocycles. The molecule has 2 rings (SSSR count). The van der Waals surface area contributed by atoms with Gasteiger partial charge in [0.15, 0.2) is 0 Å². The molecule has 1 aromatic rings. The fraction of sp³-hybridized carbons (Fsp3) is 0.500. The first-order valence-electron chi connectivity index (χ1n) is 9.21. The summed E-state index contributed by atoms with van der Waals surface area (Å²) < 4.78 is 5.37. The average molecular weight is 359 g/mol. The van der Waals surface area contributed by atoms with Gasteiger partial charge in [-0.1, -0.05) is 36.4 Å². The number of carbonyl (C=O) groups excluding carboxylic acids is 2. The quantitative estimate of drug-likeness (QED) is 0.610. The highest BCUT2D eigenvalue weighted by molar-refractivity contribution is 5.88. The van der Waals surface area contributed by atoms with Crippen molar-refractivity contribution in [2.24, 2.45) is 5.73 Å². The summed E-state index contributed by atoms with van der Waals surface area (Å²) >= 11 is 0. The molecule has 26 heavy (non-hydrogen) atoms. The van der Waals surface area contributed by atoms with Crippen LogP contribution in [0.2, 0.25) is 0 Å². The summed E-state index contributed by atoms with van der Waals surface area (Å²) in [6.45, 7) is 2.95. The number of nitrogens with two attached hydrogens (primary N) is 1. The summed E-state index contributed by atoms with van der Waals surface area (Å²) in [5.74, 6) is -0.394. The van der Waals surface area contributed by atoms with E-state index in [1.807, 2.05) is 30.3 Å². The second-order valence-electron chi connectivity index (χ2n) is 6.71. The first-order chi connectivity index (χ1) is 12.5. The van der Waals surface area contributed by atoms with Crippen LogP contribution in [0.3, 0.4) is 0 Å². The van der Waals surface area contributed by atoms with Gasteiger partial charge in [-0.25, -0.2) is 0 Å². The van der Waals surface area contributed by atoms with Crippen molar-refractivity contribution in [1.29, 1.82) is 0 Å². The molecule has 0 bridgehead atoms. The normalized spacial score (nSPS) is 19.7. The number of hydrogen-bond donors (Lipinski definition) is 3. The average Bonchev–Trinajstić information content (AvgIpc) is 2.65. The number of rotatable bonds is 8. The SMILES string of the molecule is C[C@H](N)C(=O)N[C@H](C=CC(=O)NC1CCCOC1)CCc1ccccc1. The van der Waals surface area contributed by atoms with Gasteiger partial charge < -0.3 is 21.1 Å². The molecule has 1 saturated heterocycles. The minimum atomic E-state index is -0.587. The molecule has 3 atom stereocenters. The van der Waals surface area contributed by atoms with E-state index in [4.69, 9.17) is 10.5 Å². The minimum absolute atomic E-state index is 0.0577. The number of hydrogen-bond acceptors (Lipinski definition) is 4. The highest BCUT2D eigenvalue weighted by Crippen LogP contribution is 2.08. The highest BCUT2D eigenvalue weighted by Gasteiger charge is 2.16. The van der Waals surface area contributed by atoms with Gasteiger partial charge in [0.25, 0.3) is 0 Å². The molecular formula is C20H29N3O3. The Labute approximate surface area is 155 Å². The van der Waals surface area contributed by atoms with Crippen molar-refractivity contribution in [2.75, 3.05) is 13.2 Å². The Hall–Kier alpha value is -2.18. The lowest BCUT2D eigenvalue weighted by molar-refractivity contribution is -0.122. The predicted octanol–water partition coefficient (Wildman–Crippen LogP) is 1.30. The standard InChI is InChI=1S/C20H29N3O3/c1-15(21)20(25)23-17(10-9-16-6-3-2-4-7-16)11-12-19(24)22-18-8-5-13-26-14-18/h2-4,6-7,11-12,15,17-18H,5,8-10,13-14,21H2,1H3,(H,22,24)(H,23,25)/t15-,17-,18?/m0/s1. The third-order valence-electron chi connectivity index (χ3n) is 4.31. The third-order valence-corrected chi connectivity index (χ3v) is 4.31. The molecule has 0 spiro atoms. The van der Waals surface area contributed by atoms with E-state index in [2.05, 4.69) is 10.6 Å². The predicted molar refractivity (Wildman–Crippen MR) is 101 cm³/mol. The van der Waals surface area contributed by atoms with Crippen LogP contribution in [0.4, 0.5) is 0 Å². The maximum absolute atomic E-state index is 12.1. The molecule has 1 heterocycles. The van der Waals surface area contributed by atoms with Gasteiger partial charge in [-0.2, -0.15) is 0 Å². The number of benzene rings is 1. The Morgan fingerprint density at radius 1 is 1.35 bits per heavy atom. The molecule has 6 nitrogen and oxygen atoms in total. The smallest absolute Gasteiger partial charge is 0.244 e. The van der Waals surface area contributed by atoms with Gasteiger partial charge in [0.1, 0.15) is 0 Å². The van der Waals surface area contributed by atoms with Gasteiger partial charge in [-0.05, 0) is 38.2 Å². The fourth-order valence-corrected chi connectivity index (χ4v) is 2.80. The van der Waals surface area contributed by atoms with Gasteiger partial charge in [0.2, 0.25) is 11.8 Å². The monoisotopic (exact) mass is 359 g/mol. The molecule has 1 aliphatic heterocycles. The fourth-order valence-electron chi connectivity index (χ4n) is 2.80. The molecule has 2 amide bonds. The van der Waals surface area contributed by atoms with Gasteiger partial charge in [0, 0.05) is 18.7 Å². The summed E-state index contributed by atoms with van der Waals surface area (Å²) in [7, 11) is 0. The molecule has 1 fully saturated rings. The van der Waals surface area contributed by atoms with Crippen LogP contribution in [0.25, 0.3) is 0 Å². The van der Waals surface area contributed by atoms with Crippen molar-refractivity contribution in [3.8, 4) is 0 Å². The van der Waals surface area contributed by atoms with Crippen LogP contribution < -0.4 is 16.4 Å². The Kier molecular flexibility index (Phi) is 8.31. The van der Waals surface area contributed by atoms with Gasteiger partial charge >= 0.3 is 0 Å². The Balaban J connectivity index is 1.90. The van der Waals surface area contributed by atoms with Gasteiger partial charge in [0.05, 0.1) is 18.7 Å². The molecule has 142 valence electrons. The number of aryl methyl sites for hydroxylation is 1. The lowest BCUT2D eigenvalue weighted by Crippen LogP contribution is -2.43. The second-order valence-corrected chi connectivity index (χ2v) is 6.71. The Bertz CT molecular complexity index is 596. The number of nitrogens with one attached hydrogen (secondary N) is 2. The third kappa shape index (κ3) is 7.37. The van der Waals surface area contributed by atoms with E-state index in [9.17, 15) is 9.59 Å². The van der Waals surface area contributed by atoms with Crippen LogP contribution in [0.5, 0.6) is 0 Å². The van der Waals surface area contributed by atoms with Gasteiger partial charge in [-0.3, -0.25) is 9.59 Å². The van der Waals surface area contributed by atoms with Gasteiger partial charge in [-0.15, -0.1) is 0 Å². The van der Waals surface area contributed by atoms with E-state index in [1.54, 1.807) is 13.0 Å². The van der Waals surface area contributed by atoms with E-state index < -0.39 is 6.04 Å². The molecular weight excluding hydrogens is 330 g/mol. The van der Waals surface area contributed by atoms with E-state index in [0.29, 0.717) is 13.0 Å². The Morgan fingerprint density at radius 3 is 2.77 bits per heavy atom. The van der Waals surface area contributed by atoms with Crippen LogP contribution in [0, 0.1) is 0 Å². The maximum Gasteiger partial charge on any atom is 0.244 e. The van der Waals surface area contributed by atoms with Crippen molar-refractivity contribution in [3.05, 3.63) is 48.0 Å². The largest absolute Gasteiger partial charge is 0.379 e. The van der Waals surface area contributed by atoms with E-state index in [0.717, 1.165) is 25.9 Å². The lowest BCUT2D eigenvalue weighted by atomic mass is 10.0. The molecule has 1 aromatic carbocycles. The van der Waals surface area contributed by atoms with Crippen molar-refractivity contribution in [3.63, 3.8) is 0 Å². The molecule has 0 aliphatic carbocycles. The van der Waals surface area contributed by atoms with Crippen LogP contribution in [-0.4, -0.2) is 43.2 Å². The minimum Gasteiger partial charge on any atom is -0.379 e. The van der Waals surface area contributed by atoms with E-state index >= 15 is 0 Å². The summed E-state index contributed by atoms with van der Waals surface area (Å²) in [4.78, 5) is 24.1. The van der Waals surface area contributed by atoms with Crippen molar-refractivity contribution in [1.82, 2.24) is 10.6 Å². The second kappa shape index (κ2) is 10.7. The summed E-state index contributed by atoms with van der Waals surface area (Å²) in [6, 6.07) is 9.26. The van der Waals surface area contributed by atoms with Crippen LogP contribution >= 0.6 is 0 Å². The molecule has 4 N–H and O–H groups in total. The summed E-state index contributed by atoms with van der Waals surface area (Å²) in [5.41, 5.74) is 6.83.